The van der Waals surface area contributed by atoms with E-state index in [1.54, 1.807) is 0 Å². The Morgan fingerprint density at radius 3 is 2.71 bits per heavy atom. The second-order valence-corrected chi connectivity index (χ2v) is 7.72. The van der Waals surface area contributed by atoms with Gasteiger partial charge in [-0.05, 0) is 24.8 Å². The minimum atomic E-state index is 0.140. The summed E-state index contributed by atoms with van der Waals surface area (Å²) >= 11 is 1.97. The van der Waals surface area contributed by atoms with Gasteiger partial charge in [-0.1, -0.05) is 37.3 Å². The number of carbonyl (C=O) groups is 1. The highest BCUT2D eigenvalue weighted by atomic mass is 32.2. The zero-order valence-electron chi connectivity index (χ0n) is 12.6. The summed E-state index contributed by atoms with van der Waals surface area (Å²) in [7, 11) is 0. The van der Waals surface area contributed by atoms with E-state index < -0.39 is 0 Å². The lowest BCUT2D eigenvalue weighted by Crippen LogP contribution is -2.46. The third-order valence-corrected chi connectivity index (χ3v) is 5.94. The first-order valence-corrected chi connectivity index (χ1v) is 8.94. The van der Waals surface area contributed by atoms with E-state index in [1.165, 1.54) is 5.56 Å². The molecule has 4 atom stereocenters. The molecule has 0 aromatic heterocycles. The van der Waals surface area contributed by atoms with Crippen LogP contribution in [0.4, 0.5) is 0 Å². The van der Waals surface area contributed by atoms with E-state index >= 15 is 0 Å². The van der Waals surface area contributed by atoms with E-state index in [0.29, 0.717) is 11.2 Å². The van der Waals surface area contributed by atoms with Crippen molar-refractivity contribution in [2.24, 2.45) is 11.7 Å². The maximum atomic E-state index is 12.9. The molecule has 1 aliphatic carbocycles. The SMILES string of the molecule is CC1SCCN(C(=O)C2CCC(N)C2)C1c1ccccc1. The molecule has 0 bridgehead atoms. The van der Waals surface area contributed by atoms with Gasteiger partial charge in [0.05, 0.1) is 6.04 Å². The predicted octanol–water partition coefficient (Wildman–Crippen LogP) is 2.82. The van der Waals surface area contributed by atoms with E-state index in [1.807, 2.05) is 17.8 Å². The molecule has 21 heavy (non-hydrogen) atoms. The van der Waals surface area contributed by atoms with Gasteiger partial charge in [-0.15, -0.1) is 0 Å². The summed E-state index contributed by atoms with van der Waals surface area (Å²) in [5.74, 6) is 1.50. The molecule has 0 spiro atoms. The molecule has 2 aliphatic rings. The summed E-state index contributed by atoms with van der Waals surface area (Å²) in [5.41, 5.74) is 7.25. The highest BCUT2D eigenvalue weighted by molar-refractivity contribution is 8.00. The van der Waals surface area contributed by atoms with Crippen molar-refractivity contribution in [3.05, 3.63) is 35.9 Å². The van der Waals surface area contributed by atoms with Gasteiger partial charge in [0.15, 0.2) is 0 Å². The van der Waals surface area contributed by atoms with Crippen LogP contribution in [-0.4, -0.2) is 34.4 Å². The summed E-state index contributed by atoms with van der Waals surface area (Å²) in [6, 6.07) is 10.9. The molecule has 1 aromatic rings. The minimum Gasteiger partial charge on any atom is -0.333 e. The number of benzene rings is 1. The van der Waals surface area contributed by atoms with E-state index in [2.05, 4.69) is 36.1 Å². The van der Waals surface area contributed by atoms with E-state index in [4.69, 9.17) is 5.73 Å². The van der Waals surface area contributed by atoms with Crippen LogP contribution in [0.2, 0.25) is 0 Å². The van der Waals surface area contributed by atoms with Crippen LogP contribution in [0.15, 0.2) is 30.3 Å². The van der Waals surface area contributed by atoms with Gasteiger partial charge in [0, 0.05) is 29.5 Å². The van der Waals surface area contributed by atoms with Crippen molar-refractivity contribution in [2.45, 2.75) is 43.5 Å². The fourth-order valence-corrected chi connectivity index (χ4v) is 4.80. The Morgan fingerprint density at radius 2 is 2.05 bits per heavy atom. The van der Waals surface area contributed by atoms with E-state index in [0.717, 1.165) is 31.6 Å². The quantitative estimate of drug-likeness (QED) is 0.914. The molecule has 114 valence electrons. The molecule has 1 aliphatic heterocycles. The van der Waals surface area contributed by atoms with Crippen molar-refractivity contribution in [1.29, 1.82) is 0 Å². The third kappa shape index (κ3) is 3.11. The maximum Gasteiger partial charge on any atom is 0.226 e. The van der Waals surface area contributed by atoms with Crippen LogP contribution in [0, 0.1) is 5.92 Å². The third-order valence-electron chi connectivity index (χ3n) is 4.74. The summed E-state index contributed by atoms with van der Waals surface area (Å²) in [6.45, 7) is 3.10. The molecule has 1 heterocycles. The van der Waals surface area contributed by atoms with Crippen LogP contribution in [0.25, 0.3) is 0 Å². The topological polar surface area (TPSA) is 46.3 Å². The molecule has 3 nitrogen and oxygen atoms in total. The monoisotopic (exact) mass is 304 g/mol. The average molecular weight is 304 g/mol. The van der Waals surface area contributed by atoms with Gasteiger partial charge >= 0.3 is 0 Å². The summed E-state index contributed by atoms with van der Waals surface area (Å²) in [5, 5.41) is 0.445. The van der Waals surface area contributed by atoms with Gasteiger partial charge < -0.3 is 10.6 Å². The van der Waals surface area contributed by atoms with Crippen LogP contribution in [-0.2, 0) is 4.79 Å². The molecule has 1 aromatic carbocycles. The molecule has 3 rings (SSSR count). The molecule has 1 saturated heterocycles. The molecule has 1 amide bonds. The van der Waals surface area contributed by atoms with Crippen LogP contribution in [0.3, 0.4) is 0 Å². The Labute approximate surface area is 131 Å². The number of nitrogens with zero attached hydrogens (tertiary/aromatic N) is 1. The van der Waals surface area contributed by atoms with E-state index in [-0.39, 0.29) is 18.0 Å². The molecule has 4 unspecified atom stereocenters. The van der Waals surface area contributed by atoms with Crippen LogP contribution in [0.1, 0.15) is 37.8 Å². The van der Waals surface area contributed by atoms with Crippen LogP contribution in [0.5, 0.6) is 0 Å². The second kappa shape index (κ2) is 6.41. The Kier molecular flexibility index (Phi) is 4.55. The van der Waals surface area contributed by atoms with Gasteiger partial charge in [-0.25, -0.2) is 0 Å². The Bertz CT molecular complexity index is 493. The van der Waals surface area contributed by atoms with Gasteiger partial charge in [0.2, 0.25) is 5.91 Å². The summed E-state index contributed by atoms with van der Waals surface area (Å²) < 4.78 is 0. The second-order valence-electron chi connectivity index (χ2n) is 6.23. The molecule has 1 saturated carbocycles. The largest absolute Gasteiger partial charge is 0.333 e. The van der Waals surface area contributed by atoms with Gasteiger partial charge in [-0.2, -0.15) is 11.8 Å². The molecular formula is C17H24N2OS. The Hall–Kier alpha value is -1.00. The lowest BCUT2D eigenvalue weighted by molar-refractivity contribution is -0.137. The minimum absolute atomic E-state index is 0.140. The maximum absolute atomic E-state index is 12.9. The first-order chi connectivity index (χ1) is 10.2. The van der Waals surface area contributed by atoms with Crippen molar-refractivity contribution < 1.29 is 4.79 Å². The Morgan fingerprint density at radius 1 is 1.29 bits per heavy atom. The van der Waals surface area contributed by atoms with Crippen molar-refractivity contribution in [3.63, 3.8) is 0 Å². The predicted molar refractivity (Wildman–Crippen MR) is 88.1 cm³/mol. The number of nitrogens with two attached hydrogens (primary N) is 1. The number of rotatable bonds is 2. The molecular weight excluding hydrogens is 280 g/mol. The smallest absolute Gasteiger partial charge is 0.226 e. The van der Waals surface area contributed by atoms with Crippen molar-refractivity contribution in [2.75, 3.05) is 12.3 Å². The van der Waals surface area contributed by atoms with E-state index in [9.17, 15) is 4.79 Å². The van der Waals surface area contributed by atoms with Crippen molar-refractivity contribution in [3.8, 4) is 0 Å². The van der Waals surface area contributed by atoms with Crippen LogP contribution >= 0.6 is 11.8 Å². The average Bonchev–Trinajstić information content (AvgIpc) is 2.93. The molecule has 2 fully saturated rings. The fourth-order valence-electron chi connectivity index (χ4n) is 3.64. The van der Waals surface area contributed by atoms with Gasteiger partial charge in [-0.3, -0.25) is 4.79 Å². The highest BCUT2D eigenvalue weighted by Gasteiger charge is 2.38. The van der Waals surface area contributed by atoms with Crippen molar-refractivity contribution in [1.82, 2.24) is 4.90 Å². The van der Waals surface area contributed by atoms with Gasteiger partial charge in [0.25, 0.3) is 0 Å². The fraction of sp³-hybridized carbons (Fsp3) is 0.588. The normalized spacial score (nSPS) is 33.1. The van der Waals surface area contributed by atoms with Gasteiger partial charge in [0.1, 0.15) is 0 Å². The Balaban J connectivity index is 1.82. The number of hydrogen-bond acceptors (Lipinski definition) is 3. The molecule has 0 radical (unpaired) electrons. The number of hydrogen-bond donors (Lipinski definition) is 1. The van der Waals surface area contributed by atoms with Crippen molar-refractivity contribution >= 4 is 17.7 Å². The number of thioether (sulfide) groups is 1. The number of amides is 1. The zero-order chi connectivity index (χ0) is 14.8. The standard InChI is InChI=1S/C17H24N2OS/c1-12-16(13-5-3-2-4-6-13)19(9-10-21-12)17(20)14-7-8-15(18)11-14/h2-6,12,14-16H,7-11,18H2,1H3. The number of carbonyl (C=O) groups excluding carboxylic acids is 1. The summed E-state index contributed by atoms with van der Waals surface area (Å²) in [4.78, 5) is 15.1. The zero-order valence-corrected chi connectivity index (χ0v) is 13.4. The molecule has 2 N–H and O–H groups in total. The van der Waals surface area contributed by atoms with Crippen LogP contribution < -0.4 is 5.73 Å². The first kappa shape index (κ1) is 14.9. The summed E-state index contributed by atoms with van der Waals surface area (Å²) in [6.07, 6.45) is 2.81. The molecule has 4 heteroatoms. The first-order valence-electron chi connectivity index (χ1n) is 7.89. The lowest BCUT2D eigenvalue weighted by Gasteiger charge is -2.41. The lowest BCUT2D eigenvalue weighted by atomic mass is 9.98. The highest BCUT2D eigenvalue weighted by Crippen LogP contribution is 2.38.